The molecule has 2 heterocycles. The average molecular weight is 319 g/mol. The van der Waals surface area contributed by atoms with Gasteiger partial charge in [-0.25, -0.2) is 4.98 Å². The minimum Gasteiger partial charge on any atom is -0.364 e. The van der Waals surface area contributed by atoms with Crippen LogP contribution in [0.5, 0.6) is 0 Å². The number of aryl methyl sites for hydroxylation is 1. The van der Waals surface area contributed by atoms with Crippen molar-refractivity contribution in [2.45, 2.75) is 19.9 Å². The average Bonchev–Trinajstić information content (AvgIpc) is 2.61. The quantitative estimate of drug-likeness (QED) is 0.698. The van der Waals surface area contributed by atoms with Gasteiger partial charge in [-0.3, -0.25) is 4.98 Å². The van der Waals surface area contributed by atoms with E-state index in [0.717, 1.165) is 30.2 Å². The summed E-state index contributed by atoms with van der Waals surface area (Å²) < 4.78 is 0. The molecular weight excluding hydrogens is 298 g/mol. The van der Waals surface area contributed by atoms with E-state index in [4.69, 9.17) is 0 Å². The summed E-state index contributed by atoms with van der Waals surface area (Å²) in [6.45, 7) is 3.41. The van der Waals surface area contributed by atoms with Gasteiger partial charge in [-0.05, 0) is 31.0 Å². The summed E-state index contributed by atoms with van der Waals surface area (Å²) in [5.74, 6) is 1.45. The summed E-state index contributed by atoms with van der Waals surface area (Å²) in [6.07, 6.45) is 2.73. The third-order valence-corrected chi connectivity index (χ3v) is 3.57. The smallest absolute Gasteiger partial charge is 0.224 e. The predicted molar refractivity (Wildman–Crippen MR) is 97.0 cm³/mol. The first-order valence-electron chi connectivity index (χ1n) is 8.07. The van der Waals surface area contributed by atoms with Crippen molar-refractivity contribution in [3.8, 4) is 0 Å². The Hall–Kier alpha value is -2.95. The third kappa shape index (κ3) is 4.78. The lowest BCUT2D eigenvalue weighted by Crippen LogP contribution is -2.10. The van der Waals surface area contributed by atoms with E-state index >= 15 is 0 Å². The van der Waals surface area contributed by atoms with Gasteiger partial charge < -0.3 is 10.6 Å². The molecule has 0 bridgehead atoms. The van der Waals surface area contributed by atoms with Gasteiger partial charge in [-0.1, -0.05) is 36.4 Å². The second-order valence-electron chi connectivity index (χ2n) is 5.56. The highest BCUT2D eigenvalue weighted by Gasteiger charge is 2.03. The minimum atomic E-state index is 0.640. The Bertz CT molecular complexity index is 759. The lowest BCUT2D eigenvalue weighted by Gasteiger charge is -2.10. The molecule has 24 heavy (non-hydrogen) atoms. The van der Waals surface area contributed by atoms with Crippen molar-refractivity contribution in [3.63, 3.8) is 0 Å². The third-order valence-electron chi connectivity index (χ3n) is 3.57. The van der Waals surface area contributed by atoms with Crippen molar-refractivity contribution >= 4 is 11.8 Å². The largest absolute Gasteiger partial charge is 0.364 e. The Balaban J connectivity index is 1.57. The van der Waals surface area contributed by atoms with Gasteiger partial charge in [0, 0.05) is 24.5 Å². The fourth-order valence-corrected chi connectivity index (χ4v) is 2.39. The Morgan fingerprint density at radius 3 is 2.54 bits per heavy atom. The molecule has 0 saturated carbocycles. The molecular formula is C19H21N5. The van der Waals surface area contributed by atoms with Crippen LogP contribution in [0.15, 0.2) is 60.8 Å². The maximum Gasteiger partial charge on any atom is 0.224 e. The van der Waals surface area contributed by atoms with Gasteiger partial charge in [-0.15, -0.1) is 0 Å². The Morgan fingerprint density at radius 2 is 1.75 bits per heavy atom. The minimum absolute atomic E-state index is 0.640. The molecule has 0 aliphatic carbocycles. The lowest BCUT2D eigenvalue weighted by atomic mass is 10.1. The van der Waals surface area contributed by atoms with Gasteiger partial charge >= 0.3 is 0 Å². The normalized spacial score (nSPS) is 10.4. The number of anilines is 2. The highest BCUT2D eigenvalue weighted by Crippen LogP contribution is 2.11. The Kier molecular flexibility index (Phi) is 5.35. The maximum atomic E-state index is 4.52. The molecule has 0 unspecified atom stereocenters. The molecule has 0 fully saturated rings. The van der Waals surface area contributed by atoms with E-state index in [1.165, 1.54) is 5.56 Å². The molecule has 1 aromatic carbocycles. The number of nitrogens with zero attached hydrogens (tertiary/aromatic N) is 3. The molecule has 0 spiro atoms. The van der Waals surface area contributed by atoms with Crippen LogP contribution in [0.25, 0.3) is 0 Å². The molecule has 3 rings (SSSR count). The van der Waals surface area contributed by atoms with E-state index in [0.29, 0.717) is 12.5 Å². The maximum absolute atomic E-state index is 4.52. The van der Waals surface area contributed by atoms with Crippen molar-refractivity contribution < 1.29 is 0 Å². The van der Waals surface area contributed by atoms with Crippen molar-refractivity contribution in [3.05, 3.63) is 77.7 Å². The molecule has 0 aliphatic heterocycles. The van der Waals surface area contributed by atoms with Gasteiger partial charge in [0.05, 0.1) is 12.2 Å². The first-order chi connectivity index (χ1) is 11.8. The zero-order valence-corrected chi connectivity index (χ0v) is 13.7. The van der Waals surface area contributed by atoms with Crippen LogP contribution >= 0.6 is 0 Å². The van der Waals surface area contributed by atoms with Crippen molar-refractivity contribution in [2.24, 2.45) is 0 Å². The second-order valence-corrected chi connectivity index (χ2v) is 5.56. The molecule has 2 N–H and O–H groups in total. The van der Waals surface area contributed by atoms with Gasteiger partial charge in [0.2, 0.25) is 5.95 Å². The summed E-state index contributed by atoms with van der Waals surface area (Å²) in [5, 5.41) is 6.59. The van der Waals surface area contributed by atoms with Crippen LogP contribution in [0, 0.1) is 6.92 Å². The summed E-state index contributed by atoms with van der Waals surface area (Å²) in [6, 6.07) is 18.2. The summed E-state index contributed by atoms with van der Waals surface area (Å²) >= 11 is 0. The monoisotopic (exact) mass is 319 g/mol. The van der Waals surface area contributed by atoms with Crippen LogP contribution in [0.1, 0.15) is 17.0 Å². The lowest BCUT2D eigenvalue weighted by molar-refractivity contribution is 0.964. The molecule has 0 radical (unpaired) electrons. The van der Waals surface area contributed by atoms with Gasteiger partial charge in [0.15, 0.2) is 0 Å². The van der Waals surface area contributed by atoms with E-state index in [-0.39, 0.29) is 0 Å². The number of hydrogen-bond donors (Lipinski definition) is 2. The van der Waals surface area contributed by atoms with Crippen molar-refractivity contribution in [2.75, 3.05) is 17.2 Å². The van der Waals surface area contributed by atoms with E-state index < -0.39 is 0 Å². The van der Waals surface area contributed by atoms with Crippen LogP contribution < -0.4 is 10.6 Å². The summed E-state index contributed by atoms with van der Waals surface area (Å²) in [5.41, 5.74) is 3.20. The number of nitrogens with one attached hydrogen (secondary N) is 2. The summed E-state index contributed by atoms with van der Waals surface area (Å²) in [7, 11) is 0. The van der Waals surface area contributed by atoms with Gasteiger partial charge in [-0.2, -0.15) is 4.98 Å². The van der Waals surface area contributed by atoms with Crippen molar-refractivity contribution in [1.82, 2.24) is 15.0 Å². The molecule has 2 aromatic heterocycles. The highest BCUT2D eigenvalue weighted by molar-refractivity contribution is 5.42. The molecule has 122 valence electrons. The number of rotatable bonds is 7. The number of aromatic nitrogens is 3. The zero-order valence-electron chi connectivity index (χ0n) is 13.7. The standard InChI is InChI=1S/C19H21N5/c1-15-13-18(22-14-17-9-5-6-11-20-17)24-19(23-15)21-12-10-16-7-3-2-4-8-16/h2-9,11,13H,10,12,14H2,1H3,(H2,21,22,23,24). The zero-order chi connectivity index (χ0) is 16.6. The van der Waals surface area contributed by atoms with Gasteiger partial charge in [0.25, 0.3) is 0 Å². The molecule has 0 saturated heterocycles. The molecule has 5 heteroatoms. The Morgan fingerprint density at radius 1 is 0.917 bits per heavy atom. The SMILES string of the molecule is Cc1cc(NCc2ccccn2)nc(NCCc2ccccc2)n1. The van der Waals surface area contributed by atoms with Crippen LogP contribution in [-0.2, 0) is 13.0 Å². The van der Waals surface area contributed by atoms with Crippen LogP contribution in [0.2, 0.25) is 0 Å². The second kappa shape index (κ2) is 8.06. The molecule has 0 aliphatic rings. The number of hydrogen-bond acceptors (Lipinski definition) is 5. The van der Waals surface area contributed by atoms with E-state index in [1.807, 2.05) is 37.3 Å². The molecule has 3 aromatic rings. The first kappa shape index (κ1) is 15.9. The highest BCUT2D eigenvalue weighted by atomic mass is 15.1. The van der Waals surface area contributed by atoms with Crippen LogP contribution in [0.4, 0.5) is 11.8 Å². The number of benzene rings is 1. The number of pyridine rings is 1. The van der Waals surface area contributed by atoms with Crippen LogP contribution in [-0.4, -0.2) is 21.5 Å². The van der Waals surface area contributed by atoms with Gasteiger partial charge in [0.1, 0.15) is 5.82 Å². The molecule has 0 amide bonds. The fourth-order valence-electron chi connectivity index (χ4n) is 2.39. The van der Waals surface area contributed by atoms with E-state index in [9.17, 15) is 0 Å². The molecule has 0 atom stereocenters. The first-order valence-corrected chi connectivity index (χ1v) is 8.07. The van der Waals surface area contributed by atoms with Crippen molar-refractivity contribution in [1.29, 1.82) is 0 Å². The van der Waals surface area contributed by atoms with Crippen LogP contribution in [0.3, 0.4) is 0 Å². The van der Waals surface area contributed by atoms with E-state index in [2.05, 4.69) is 49.9 Å². The summed E-state index contributed by atoms with van der Waals surface area (Å²) in [4.78, 5) is 13.3. The topological polar surface area (TPSA) is 62.7 Å². The molecule has 5 nitrogen and oxygen atoms in total. The predicted octanol–water partition coefficient (Wildman–Crippen LogP) is 3.45. The Labute approximate surface area is 142 Å². The van der Waals surface area contributed by atoms with E-state index in [1.54, 1.807) is 6.20 Å². The fraction of sp³-hybridized carbons (Fsp3) is 0.211.